The zero-order valence-corrected chi connectivity index (χ0v) is 12.9. The van der Waals surface area contributed by atoms with Crippen molar-refractivity contribution in [1.29, 1.82) is 0 Å². The molecular weight excluding hydrogens is 278 g/mol. The Kier molecular flexibility index (Phi) is 5.36. The Morgan fingerprint density at radius 2 is 2.23 bits per heavy atom. The molecule has 2 aromatic rings. The van der Waals surface area contributed by atoms with E-state index in [4.69, 9.17) is 15.7 Å². The second-order valence-electron chi connectivity index (χ2n) is 5.21. The van der Waals surface area contributed by atoms with Crippen LogP contribution in [0.3, 0.4) is 0 Å². The minimum absolute atomic E-state index is 0.579. The first-order valence-electron chi connectivity index (χ1n) is 7.22. The summed E-state index contributed by atoms with van der Waals surface area (Å²) in [5, 5.41) is 11.8. The Hall–Kier alpha value is -2.56. The van der Waals surface area contributed by atoms with Crippen molar-refractivity contribution in [2.45, 2.75) is 26.7 Å². The Morgan fingerprint density at radius 1 is 1.41 bits per heavy atom. The first kappa shape index (κ1) is 15.8. The van der Waals surface area contributed by atoms with E-state index in [2.05, 4.69) is 16.2 Å². The van der Waals surface area contributed by atoms with Crippen molar-refractivity contribution >= 4 is 11.9 Å². The molecule has 0 aliphatic carbocycles. The van der Waals surface area contributed by atoms with Gasteiger partial charge in [0.2, 0.25) is 0 Å². The molecular formula is C17H21N3O2. The summed E-state index contributed by atoms with van der Waals surface area (Å²) in [5.74, 6) is 0.801. The Labute approximate surface area is 130 Å². The first-order valence-corrected chi connectivity index (χ1v) is 7.22. The number of anilines is 1. The highest BCUT2D eigenvalue weighted by atomic mass is 16.5. The van der Waals surface area contributed by atoms with Crippen molar-refractivity contribution in [2.24, 2.45) is 5.16 Å². The van der Waals surface area contributed by atoms with Crippen LogP contribution in [-0.4, -0.2) is 23.0 Å². The maximum atomic E-state index is 8.74. The predicted molar refractivity (Wildman–Crippen MR) is 87.8 cm³/mol. The van der Waals surface area contributed by atoms with E-state index < -0.39 is 0 Å². The number of nitrogens with zero attached hydrogens (tertiary/aromatic N) is 2. The second-order valence-corrected chi connectivity index (χ2v) is 5.21. The van der Waals surface area contributed by atoms with Gasteiger partial charge in [0.1, 0.15) is 5.75 Å². The zero-order chi connectivity index (χ0) is 15.9. The normalized spacial score (nSPS) is 11.0. The third-order valence-corrected chi connectivity index (χ3v) is 3.55. The molecule has 116 valence electrons. The largest absolute Gasteiger partial charge is 0.493 e. The van der Waals surface area contributed by atoms with E-state index in [1.54, 1.807) is 6.20 Å². The van der Waals surface area contributed by atoms with E-state index in [9.17, 15) is 0 Å². The number of rotatable bonds is 6. The molecule has 0 bridgehead atoms. The molecule has 0 saturated carbocycles. The molecule has 0 aliphatic rings. The molecule has 0 atom stereocenters. The van der Waals surface area contributed by atoms with E-state index in [0.29, 0.717) is 17.9 Å². The van der Waals surface area contributed by atoms with Gasteiger partial charge < -0.3 is 15.7 Å². The van der Waals surface area contributed by atoms with Gasteiger partial charge in [-0.3, -0.25) is 4.98 Å². The maximum Gasteiger partial charge on any atom is 0.125 e. The number of benzene rings is 1. The van der Waals surface area contributed by atoms with Gasteiger partial charge in [0.15, 0.2) is 0 Å². The van der Waals surface area contributed by atoms with E-state index in [1.165, 1.54) is 11.8 Å². The summed E-state index contributed by atoms with van der Waals surface area (Å²) in [6, 6.07) is 5.83. The van der Waals surface area contributed by atoms with Gasteiger partial charge >= 0.3 is 0 Å². The number of nitrogens with two attached hydrogens (primary N) is 1. The summed E-state index contributed by atoms with van der Waals surface area (Å²) < 4.78 is 5.91. The van der Waals surface area contributed by atoms with Crippen molar-refractivity contribution in [3.63, 3.8) is 0 Å². The van der Waals surface area contributed by atoms with Crippen molar-refractivity contribution < 1.29 is 9.94 Å². The van der Waals surface area contributed by atoms with Crippen LogP contribution in [0.1, 0.15) is 28.7 Å². The van der Waals surface area contributed by atoms with Crippen molar-refractivity contribution in [1.82, 2.24) is 4.98 Å². The third-order valence-electron chi connectivity index (χ3n) is 3.55. The van der Waals surface area contributed by atoms with Gasteiger partial charge in [-0.2, -0.15) is 0 Å². The SMILES string of the molecule is Cc1cc(N)c(/C=N\O)c(C)c1OCCCc1cccnc1. The average molecular weight is 299 g/mol. The van der Waals surface area contributed by atoms with Crippen molar-refractivity contribution in [3.05, 3.63) is 52.8 Å². The Morgan fingerprint density at radius 3 is 2.91 bits per heavy atom. The highest BCUT2D eigenvalue weighted by Gasteiger charge is 2.11. The monoisotopic (exact) mass is 299 g/mol. The molecule has 2 rings (SSSR count). The number of pyridine rings is 1. The molecule has 5 heteroatoms. The summed E-state index contributed by atoms with van der Waals surface area (Å²) in [6.07, 6.45) is 6.80. The highest BCUT2D eigenvalue weighted by Crippen LogP contribution is 2.30. The maximum absolute atomic E-state index is 8.74. The number of nitrogen functional groups attached to an aromatic ring is 1. The topological polar surface area (TPSA) is 80.7 Å². The molecule has 5 nitrogen and oxygen atoms in total. The minimum Gasteiger partial charge on any atom is -0.493 e. The van der Waals surface area contributed by atoms with Crippen LogP contribution in [0.4, 0.5) is 5.69 Å². The summed E-state index contributed by atoms with van der Waals surface area (Å²) in [4.78, 5) is 4.10. The summed E-state index contributed by atoms with van der Waals surface area (Å²) in [5.41, 5.74) is 10.3. The van der Waals surface area contributed by atoms with Crippen LogP contribution >= 0.6 is 0 Å². The molecule has 0 saturated heterocycles. The number of hydrogen-bond acceptors (Lipinski definition) is 5. The third kappa shape index (κ3) is 3.75. The molecule has 0 amide bonds. The van der Waals surface area contributed by atoms with Crippen LogP contribution < -0.4 is 10.5 Å². The van der Waals surface area contributed by atoms with E-state index >= 15 is 0 Å². The molecule has 1 aromatic heterocycles. The van der Waals surface area contributed by atoms with Crippen LogP contribution in [0, 0.1) is 13.8 Å². The summed E-state index contributed by atoms with van der Waals surface area (Å²) in [7, 11) is 0. The van der Waals surface area contributed by atoms with Gasteiger partial charge in [-0.1, -0.05) is 11.2 Å². The second kappa shape index (κ2) is 7.45. The van der Waals surface area contributed by atoms with Gasteiger partial charge in [0.25, 0.3) is 0 Å². The molecule has 0 aliphatic heterocycles. The number of oxime groups is 1. The van der Waals surface area contributed by atoms with Crippen LogP contribution in [0.5, 0.6) is 5.75 Å². The van der Waals surface area contributed by atoms with Crippen LogP contribution in [0.25, 0.3) is 0 Å². The first-order chi connectivity index (χ1) is 10.6. The van der Waals surface area contributed by atoms with Crippen LogP contribution in [0.15, 0.2) is 35.7 Å². The molecule has 1 heterocycles. The minimum atomic E-state index is 0.579. The lowest BCUT2D eigenvalue weighted by molar-refractivity contribution is 0.307. The molecule has 22 heavy (non-hydrogen) atoms. The lowest BCUT2D eigenvalue weighted by atomic mass is 10.0. The Bertz CT molecular complexity index is 655. The number of ether oxygens (including phenoxy) is 1. The van der Waals surface area contributed by atoms with E-state index in [0.717, 1.165) is 29.7 Å². The molecule has 1 aromatic carbocycles. The van der Waals surface area contributed by atoms with Gasteiger partial charge in [0.05, 0.1) is 12.8 Å². The standard InChI is InChI=1S/C17H21N3O2/c1-12-9-16(18)15(11-20-21)13(2)17(12)22-8-4-6-14-5-3-7-19-10-14/h3,5,7,9-11,21H,4,6,8,18H2,1-2H3/b20-11-. The molecule has 0 unspecified atom stereocenters. The summed E-state index contributed by atoms with van der Waals surface area (Å²) >= 11 is 0. The fraction of sp³-hybridized carbons (Fsp3) is 0.294. The summed E-state index contributed by atoms with van der Waals surface area (Å²) in [6.45, 7) is 4.48. The van der Waals surface area contributed by atoms with Gasteiger partial charge in [-0.05, 0) is 49.9 Å². The molecule has 0 radical (unpaired) electrons. The van der Waals surface area contributed by atoms with E-state index in [-0.39, 0.29) is 0 Å². The van der Waals surface area contributed by atoms with Crippen LogP contribution in [0.2, 0.25) is 0 Å². The van der Waals surface area contributed by atoms with Gasteiger partial charge in [-0.15, -0.1) is 0 Å². The van der Waals surface area contributed by atoms with Gasteiger partial charge in [-0.25, -0.2) is 0 Å². The van der Waals surface area contributed by atoms with Crippen molar-refractivity contribution in [3.8, 4) is 5.75 Å². The molecule has 0 fully saturated rings. The Balaban J connectivity index is 2.02. The fourth-order valence-corrected chi connectivity index (χ4v) is 2.46. The number of hydrogen-bond donors (Lipinski definition) is 2. The highest BCUT2D eigenvalue weighted by molar-refractivity contribution is 5.90. The molecule has 0 spiro atoms. The lowest BCUT2D eigenvalue weighted by Gasteiger charge is -2.15. The zero-order valence-electron chi connectivity index (χ0n) is 12.9. The number of aryl methyl sites for hydroxylation is 2. The van der Waals surface area contributed by atoms with Gasteiger partial charge in [0, 0.05) is 29.2 Å². The quantitative estimate of drug-likeness (QED) is 0.282. The number of aromatic nitrogens is 1. The van der Waals surface area contributed by atoms with E-state index in [1.807, 2.05) is 32.2 Å². The fourth-order valence-electron chi connectivity index (χ4n) is 2.46. The van der Waals surface area contributed by atoms with Crippen molar-refractivity contribution in [2.75, 3.05) is 12.3 Å². The predicted octanol–water partition coefficient (Wildman–Crippen LogP) is 3.10. The lowest BCUT2D eigenvalue weighted by Crippen LogP contribution is -2.06. The van der Waals surface area contributed by atoms with Crippen LogP contribution in [-0.2, 0) is 6.42 Å². The molecule has 3 N–H and O–H groups in total. The average Bonchev–Trinajstić information content (AvgIpc) is 2.51. The smallest absolute Gasteiger partial charge is 0.125 e.